The van der Waals surface area contributed by atoms with Gasteiger partial charge < -0.3 is 20.7 Å². The molecule has 4 aromatic rings. The molecule has 0 bridgehead atoms. The molecule has 0 spiro atoms. The third-order valence-electron chi connectivity index (χ3n) is 5.41. The summed E-state index contributed by atoms with van der Waals surface area (Å²) in [6.45, 7) is 0.550. The van der Waals surface area contributed by atoms with E-state index in [1.54, 1.807) is 17.8 Å². The van der Waals surface area contributed by atoms with Gasteiger partial charge in [0.15, 0.2) is 18.1 Å². The highest BCUT2D eigenvalue weighted by Crippen LogP contribution is 2.29. The van der Waals surface area contributed by atoms with Crippen molar-refractivity contribution in [3.63, 3.8) is 0 Å². The van der Waals surface area contributed by atoms with Crippen molar-refractivity contribution >= 4 is 46.0 Å². The largest absolute Gasteiger partial charge is 0.482 e. The van der Waals surface area contributed by atoms with Crippen LogP contribution < -0.4 is 20.7 Å². The Labute approximate surface area is 203 Å². The van der Waals surface area contributed by atoms with Crippen LogP contribution in [0.4, 0.5) is 15.9 Å². The molecular formula is C23H19ClFN7O3. The summed E-state index contributed by atoms with van der Waals surface area (Å²) < 4.78 is 20.3. The van der Waals surface area contributed by atoms with Crippen LogP contribution in [-0.4, -0.2) is 38.2 Å². The average Bonchev–Trinajstić information content (AvgIpc) is 3.17. The van der Waals surface area contributed by atoms with Gasteiger partial charge in [-0.1, -0.05) is 23.7 Å². The second kappa shape index (κ2) is 9.18. The maximum absolute atomic E-state index is 13.4. The van der Waals surface area contributed by atoms with E-state index in [0.717, 1.165) is 5.56 Å². The first-order valence-corrected chi connectivity index (χ1v) is 11.0. The fourth-order valence-corrected chi connectivity index (χ4v) is 3.91. The number of hydrogen-bond acceptors (Lipinski definition) is 7. The zero-order valence-corrected chi connectivity index (χ0v) is 19.2. The molecule has 10 nitrogen and oxygen atoms in total. The Morgan fingerprint density at radius 1 is 1.17 bits per heavy atom. The van der Waals surface area contributed by atoms with Crippen LogP contribution in [0.1, 0.15) is 21.6 Å². The summed E-state index contributed by atoms with van der Waals surface area (Å²) in [5, 5.41) is 13.2. The van der Waals surface area contributed by atoms with E-state index in [1.165, 1.54) is 24.5 Å². The van der Waals surface area contributed by atoms with Crippen LogP contribution in [0.2, 0.25) is 5.02 Å². The monoisotopic (exact) mass is 495 g/mol. The van der Waals surface area contributed by atoms with Crippen LogP contribution in [0.3, 0.4) is 0 Å². The number of nitrogens with zero attached hydrogens (tertiary/aromatic N) is 4. The van der Waals surface area contributed by atoms with Crippen molar-refractivity contribution in [2.45, 2.75) is 13.1 Å². The van der Waals surface area contributed by atoms with Crippen LogP contribution in [0.5, 0.6) is 5.75 Å². The van der Waals surface area contributed by atoms with E-state index in [9.17, 15) is 14.0 Å². The minimum atomic E-state index is -0.527. The van der Waals surface area contributed by atoms with Gasteiger partial charge in [-0.15, -0.1) is 0 Å². The molecule has 3 N–H and O–H groups in total. The predicted octanol–water partition coefficient (Wildman–Crippen LogP) is 3.03. The number of anilines is 2. The predicted molar refractivity (Wildman–Crippen MR) is 127 cm³/mol. The quantitative estimate of drug-likeness (QED) is 0.375. The van der Waals surface area contributed by atoms with Gasteiger partial charge in [0, 0.05) is 20.1 Å². The fourth-order valence-electron chi connectivity index (χ4n) is 3.71. The molecule has 3 heterocycles. The van der Waals surface area contributed by atoms with Crippen molar-refractivity contribution in [2.75, 3.05) is 17.2 Å². The van der Waals surface area contributed by atoms with Gasteiger partial charge >= 0.3 is 0 Å². The van der Waals surface area contributed by atoms with Crippen LogP contribution in [0.15, 0.2) is 42.7 Å². The molecule has 0 atom stereocenters. The Morgan fingerprint density at radius 2 is 1.97 bits per heavy atom. The summed E-state index contributed by atoms with van der Waals surface area (Å²) in [7, 11) is 1.73. The topological polar surface area (TPSA) is 123 Å². The number of ether oxygens (including phenoxy) is 1. The first-order chi connectivity index (χ1) is 16.9. The van der Waals surface area contributed by atoms with E-state index >= 15 is 0 Å². The van der Waals surface area contributed by atoms with Crippen LogP contribution in [-0.2, 0) is 24.9 Å². The molecule has 35 heavy (non-hydrogen) atoms. The summed E-state index contributed by atoms with van der Waals surface area (Å²) in [6.07, 6.45) is 1.30. The molecule has 2 aromatic carbocycles. The maximum Gasteiger partial charge on any atom is 0.272 e. The van der Waals surface area contributed by atoms with Crippen molar-refractivity contribution < 1.29 is 18.7 Å². The summed E-state index contributed by atoms with van der Waals surface area (Å²) in [4.78, 5) is 32.8. The number of aryl methyl sites for hydroxylation is 1. The molecule has 0 saturated carbocycles. The number of hydrogen-bond donors (Lipinski definition) is 3. The number of fused-ring (bicyclic) bond motifs is 2. The highest BCUT2D eigenvalue weighted by Gasteiger charge is 2.20. The molecular weight excluding hydrogens is 477 g/mol. The lowest BCUT2D eigenvalue weighted by molar-refractivity contribution is -0.118. The van der Waals surface area contributed by atoms with Crippen molar-refractivity contribution in [3.8, 4) is 5.75 Å². The van der Waals surface area contributed by atoms with E-state index in [2.05, 4.69) is 31.0 Å². The Hall–Kier alpha value is -4.25. The standard InChI is InChI=1S/C23H19ClFN7O3/c1-32-22(26-8-13-3-5-17-16(7-13)30-18(33)10-35-17)20-19(31-32)21(29-11-28-20)23(34)27-9-12-2-4-15(25)14(24)6-12/h2-7,11,26H,8-10H2,1H3,(H,27,34)(H,30,33). The van der Waals surface area contributed by atoms with E-state index in [4.69, 9.17) is 16.3 Å². The van der Waals surface area contributed by atoms with Crippen molar-refractivity contribution in [3.05, 3.63) is 70.4 Å². The molecule has 0 radical (unpaired) electrons. The van der Waals surface area contributed by atoms with Gasteiger partial charge in [0.25, 0.3) is 11.8 Å². The van der Waals surface area contributed by atoms with Gasteiger partial charge in [0.05, 0.1) is 10.7 Å². The number of nitrogens with one attached hydrogen (secondary N) is 3. The minimum Gasteiger partial charge on any atom is -0.482 e. The molecule has 1 aliphatic rings. The Bertz CT molecular complexity index is 1470. The van der Waals surface area contributed by atoms with E-state index in [0.29, 0.717) is 40.4 Å². The molecule has 0 fully saturated rings. The van der Waals surface area contributed by atoms with Gasteiger partial charge in [0.1, 0.15) is 28.9 Å². The fraction of sp³-hybridized carbons (Fsp3) is 0.174. The van der Waals surface area contributed by atoms with Gasteiger partial charge in [-0.2, -0.15) is 5.10 Å². The summed E-state index contributed by atoms with van der Waals surface area (Å²) in [5.41, 5.74) is 3.07. The lowest BCUT2D eigenvalue weighted by Gasteiger charge is -2.18. The lowest BCUT2D eigenvalue weighted by Crippen LogP contribution is -2.25. The molecule has 178 valence electrons. The Kier molecular flexibility index (Phi) is 5.91. The minimum absolute atomic E-state index is 0.00112. The zero-order valence-electron chi connectivity index (χ0n) is 18.4. The zero-order chi connectivity index (χ0) is 24.5. The maximum atomic E-state index is 13.4. The van der Waals surface area contributed by atoms with E-state index in [-0.39, 0.29) is 29.8 Å². The number of aromatic nitrogens is 4. The second-order valence-electron chi connectivity index (χ2n) is 7.84. The average molecular weight is 496 g/mol. The SMILES string of the molecule is Cn1nc2c(C(=O)NCc3ccc(F)c(Cl)c3)ncnc2c1NCc1ccc2c(c1)NC(=O)CO2. The Balaban J connectivity index is 1.33. The third kappa shape index (κ3) is 4.58. The number of carbonyl (C=O) groups is 2. The number of halogens is 2. The molecule has 2 amide bonds. The van der Waals surface area contributed by atoms with Crippen LogP contribution >= 0.6 is 11.6 Å². The summed E-state index contributed by atoms with van der Waals surface area (Å²) in [6, 6.07) is 9.75. The van der Waals surface area contributed by atoms with Crippen molar-refractivity contribution in [2.24, 2.45) is 7.05 Å². The smallest absolute Gasteiger partial charge is 0.272 e. The number of carbonyl (C=O) groups excluding carboxylic acids is 2. The normalized spacial score (nSPS) is 12.6. The van der Waals surface area contributed by atoms with Crippen molar-refractivity contribution in [1.29, 1.82) is 0 Å². The lowest BCUT2D eigenvalue weighted by atomic mass is 10.1. The first kappa shape index (κ1) is 22.5. The van der Waals surface area contributed by atoms with Crippen LogP contribution in [0.25, 0.3) is 11.0 Å². The molecule has 0 unspecified atom stereocenters. The van der Waals surface area contributed by atoms with Gasteiger partial charge in [-0.3, -0.25) is 14.3 Å². The Morgan fingerprint density at radius 3 is 2.80 bits per heavy atom. The van der Waals surface area contributed by atoms with E-state index < -0.39 is 11.7 Å². The van der Waals surface area contributed by atoms with Gasteiger partial charge in [0.2, 0.25) is 0 Å². The van der Waals surface area contributed by atoms with Crippen molar-refractivity contribution in [1.82, 2.24) is 25.1 Å². The van der Waals surface area contributed by atoms with Crippen LogP contribution in [0, 0.1) is 5.82 Å². The number of benzene rings is 2. The highest BCUT2D eigenvalue weighted by atomic mass is 35.5. The van der Waals surface area contributed by atoms with E-state index in [1.807, 2.05) is 12.1 Å². The molecule has 12 heteroatoms. The highest BCUT2D eigenvalue weighted by molar-refractivity contribution is 6.30. The second-order valence-corrected chi connectivity index (χ2v) is 8.25. The number of rotatable bonds is 6. The summed E-state index contributed by atoms with van der Waals surface area (Å²) in [5.74, 6) is 0.0323. The van der Waals surface area contributed by atoms with Gasteiger partial charge in [-0.25, -0.2) is 14.4 Å². The molecule has 1 aliphatic heterocycles. The molecule has 0 saturated heterocycles. The van der Waals surface area contributed by atoms with Gasteiger partial charge in [-0.05, 0) is 35.4 Å². The summed E-state index contributed by atoms with van der Waals surface area (Å²) >= 11 is 5.81. The number of amides is 2. The molecule has 5 rings (SSSR count). The molecule has 0 aliphatic carbocycles. The third-order valence-corrected chi connectivity index (χ3v) is 5.70. The first-order valence-electron chi connectivity index (χ1n) is 10.6. The molecule has 2 aromatic heterocycles.